The Bertz CT molecular complexity index is 568. The van der Waals surface area contributed by atoms with Crippen LogP contribution in [0.15, 0.2) is 18.2 Å². The lowest BCUT2D eigenvalue weighted by Gasteiger charge is -2.04. The number of carbonyl (C=O) groups is 1. The van der Waals surface area contributed by atoms with Gasteiger partial charge in [-0.05, 0) is 32.0 Å². The summed E-state index contributed by atoms with van der Waals surface area (Å²) in [5.41, 5.74) is 0.552. The number of ether oxygens (including phenoxy) is 1. The van der Waals surface area contributed by atoms with Crippen molar-refractivity contribution in [2.24, 2.45) is 0 Å². The number of halogens is 1. The third-order valence-electron chi connectivity index (χ3n) is 2.04. The Labute approximate surface area is 107 Å². The van der Waals surface area contributed by atoms with Gasteiger partial charge in [0.25, 0.3) is 5.19 Å². The van der Waals surface area contributed by atoms with Crippen molar-refractivity contribution in [3.8, 4) is 10.9 Å². The highest BCUT2D eigenvalue weighted by Gasteiger charge is 2.09. The molecule has 2 aromatic rings. The van der Waals surface area contributed by atoms with Crippen LogP contribution in [0.25, 0.3) is 0 Å². The van der Waals surface area contributed by atoms with Gasteiger partial charge in [-0.25, -0.2) is 0 Å². The Morgan fingerprint density at radius 3 is 2.76 bits per heavy atom. The minimum absolute atomic E-state index is 0.0368. The summed E-state index contributed by atoms with van der Waals surface area (Å²) in [7, 11) is 0. The number of Topliss-reactive ketones (excluding diaryl/α,β-unsaturated/α-hetero) is 1. The Morgan fingerprint density at radius 1 is 1.47 bits per heavy atom. The van der Waals surface area contributed by atoms with E-state index in [2.05, 4.69) is 9.36 Å². The van der Waals surface area contributed by atoms with E-state index in [9.17, 15) is 4.79 Å². The van der Waals surface area contributed by atoms with E-state index in [0.717, 1.165) is 11.5 Å². The highest BCUT2D eigenvalue weighted by Crippen LogP contribution is 2.30. The molecule has 0 unspecified atom stereocenters. The number of hydrogen-bond acceptors (Lipinski definition) is 5. The second-order valence-corrected chi connectivity index (χ2v) is 4.53. The first-order valence-electron chi connectivity index (χ1n) is 4.85. The monoisotopic (exact) mass is 268 g/mol. The number of aryl methyl sites for hydroxylation is 1. The van der Waals surface area contributed by atoms with Crippen LogP contribution >= 0.6 is 23.1 Å². The van der Waals surface area contributed by atoms with Crippen LogP contribution in [0.4, 0.5) is 0 Å². The van der Waals surface area contributed by atoms with Crippen LogP contribution < -0.4 is 4.74 Å². The van der Waals surface area contributed by atoms with E-state index in [0.29, 0.717) is 27.4 Å². The van der Waals surface area contributed by atoms with Gasteiger partial charge >= 0.3 is 0 Å². The van der Waals surface area contributed by atoms with Crippen LogP contribution in [0.3, 0.4) is 0 Å². The molecule has 0 radical (unpaired) electrons. The normalized spacial score (nSPS) is 10.3. The first kappa shape index (κ1) is 12.0. The zero-order valence-electron chi connectivity index (χ0n) is 9.23. The van der Waals surface area contributed by atoms with Crippen LogP contribution in [-0.4, -0.2) is 15.1 Å². The van der Waals surface area contributed by atoms with Gasteiger partial charge in [0.1, 0.15) is 11.6 Å². The van der Waals surface area contributed by atoms with E-state index in [1.165, 1.54) is 6.92 Å². The lowest BCUT2D eigenvalue weighted by atomic mass is 10.1. The van der Waals surface area contributed by atoms with E-state index in [1.54, 1.807) is 25.1 Å². The molecule has 0 saturated heterocycles. The molecule has 1 heterocycles. The molecular weight excluding hydrogens is 260 g/mol. The fourth-order valence-electron chi connectivity index (χ4n) is 1.22. The molecule has 0 fully saturated rings. The number of nitrogens with zero attached hydrogens (tertiary/aromatic N) is 2. The molecule has 1 aromatic carbocycles. The van der Waals surface area contributed by atoms with E-state index in [1.807, 2.05) is 0 Å². The van der Waals surface area contributed by atoms with Crippen molar-refractivity contribution in [1.82, 2.24) is 9.36 Å². The van der Waals surface area contributed by atoms with Crippen LogP contribution in [0, 0.1) is 6.92 Å². The molecule has 6 heteroatoms. The predicted octanol–water partition coefficient (Wildman–Crippen LogP) is 3.49. The van der Waals surface area contributed by atoms with Crippen LogP contribution in [0.5, 0.6) is 10.9 Å². The van der Waals surface area contributed by atoms with Crippen LogP contribution in [-0.2, 0) is 0 Å². The second kappa shape index (κ2) is 4.81. The molecule has 0 amide bonds. The van der Waals surface area contributed by atoms with Gasteiger partial charge in [-0.15, -0.1) is 0 Å². The number of aromatic nitrogens is 2. The van der Waals surface area contributed by atoms with Crippen molar-refractivity contribution in [2.75, 3.05) is 0 Å². The number of carbonyl (C=O) groups excluding carboxylic acids is 1. The summed E-state index contributed by atoms with van der Waals surface area (Å²) in [5, 5.41) is 0.811. The summed E-state index contributed by atoms with van der Waals surface area (Å²) in [5.74, 6) is 1.08. The van der Waals surface area contributed by atoms with Gasteiger partial charge in [-0.3, -0.25) is 4.79 Å². The number of ketones is 1. The fraction of sp³-hybridized carbons (Fsp3) is 0.182. The third kappa shape index (κ3) is 2.81. The summed E-state index contributed by atoms with van der Waals surface area (Å²) in [4.78, 5) is 15.2. The van der Waals surface area contributed by atoms with Crippen molar-refractivity contribution >= 4 is 28.9 Å². The minimum Gasteiger partial charge on any atom is -0.428 e. The largest absolute Gasteiger partial charge is 0.428 e. The van der Waals surface area contributed by atoms with Gasteiger partial charge in [0.2, 0.25) is 0 Å². The lowest BCUT2D eigenvalue weighted by molar-refractivity contribution is 0.101. The van der Waals surface area contributed by atoms with Gasteiger partial charge in [-0.1, -0.05) is 11.6 Å². The molecule has 2 rings (SSSR count). The zero-order valence-corrected chi connectivity index (χ0v) is 10.8. The van der Waals surface area contributed by atoms with Crippen molar-refractivity contribution in [1.29, 1.82) is 0 Å². The van der Waals surface area contributed by atoms with Gasteiger partial charge in [0.05, 0.1) is 5.02 Å². The van der Waals surface area contributed by atoms with Gasteiger partial charge in [0, 0.05) is 17.1 Å². The maximum Gasteiger partial charge on any atom is 0.298 e. The number of hydrogen-bond donors (Lipinski definition) is 0. The van der Waals surface area contributed by atoms with E-state index in [-0.39, 0.29) is 5.78 Å². The molecule has 0 bridgehead atoms. The summed E-state index contributed by atoms with van der Waals surface area (Å²) < 4.78 is 9.46. The van der Waals surface area contributed by atoms with E-state index < -0.39 is 0 Å². The average Bonchev–Trinajstić information content (AvgIpc) is 2.67. The van der Waals surface area contributed by atoms with Crippen molar-refractivity contribution in [2.45, 2.75) is 13.8 Å². The molecule has 0 atom stereocenters. The van der Waals surface area contributed by atoms with Gasteiger partial charge < -0.3 is 4.74 Å². The topological polar surface area (TPSA) is 52.1 Å². The fourth-order valence-corrected chi connectivity index (χ4v) is 1.99. The molecule has 0 aliphatic carbocycles. The van der Waals surface area contributed by atoms with Gasteiger partial charge in [-0.2, -0.15) is 9.36 Å². The predicted molar refractivity (Wildman–Crippen MR) is 66.2 cm³/mol. The Morgan fingerprint density at radius 2 is 2.24 bits per heavy atom. The molecule has 0 aliphatic heterocycles. The first-order chi connectivity index (χ1) is 8.06. The maximum absolute atomic E-state index is 11.2. The van der Waals surface area contributed by atoms with Crippen molar-refractivity contribution < 1.29 is 9.53 Å². The lowest BCUT2D eigenvalue weighted by Crippen LogP contribution is -1.92. The molecule has 0 N–H and O–H groups in total. The molecule has 4 nitrogen and oxygen atoms in total. The van der Waals surface area contributed by atoms with Crippen molar-refractivity contribution in [3.05, 3.63) is 34.6 Å². The Hall–Kier alpha value is -1.46. The minimum atomic E-state index is -0.0368. The average molecular weight is 269 g/mol. The molecule has 0 saturated carbocycles. The Balaban J connectivity index is 2.25. The summed E-state index contributed by atoms with van der Waals surface area (Å²) in [6.45, 7) is 3.27. The quantitative estimate of drug-likeness (QED) is 0.800. The zero-order chi connectivity index (χ0) is 12.4. The molecular formula is C11H9ClN2O2S. The third-order valence-corrected chi connectivity index (χ3v) is 3.03. The summed E-state index contributed by atoms with van der Waals surface area (Å²) in [6, 6.07) is 4.89. The first-order valence-corrected chi connectivity index (χ1v) is 6.00. The van der Waals surface area contributed by atoms with E-state index in [4.69, 9.17) is 16.3 Å². The number of benzene rings is 1. The molecule has 88 valence electrons. The van der Waals surface area contributed by atoms with E-state index >= 15 is 0 Å². The second-order valence-electron chi connectivity index (χ2n) is 3.41. The molecule has 0 aliphatic rings. The highest BCUT2D eigenvalue weighted by atomic mass is 35.5. The standard InChI is InChI=1S/C11H9ClN2O2S/c1-6(15)8-3-4-10(9(12)5-8)16-11-13-7(2)14-17-11/h3-5H,1-2H3. The smallest absolute Gasteiger partial charge is 0.298 e. The molecule has 1 aromatic heterocycles. The SMILES string of the molecule is CC(=O)c1ccc(Oc2nc(C)ns2)c(Cl)c1. The molecule has 17 heavy (non-hydrogen) atoms. The summed E-state index contributed by atoms with van der Waals surface area (Å²) in [6.07, 6.45) is 0. The van der Waals surface area contributed by atoms with Crippen LogP contribution in [0.1, 0.15) is 23.1 Å². The van der Waals surface area contributed by atoms with Crippen LogP contribution in [0.2, 0.25) is 5.02 Å². The highest BCUT2D eigenvalue weighted by molar-refractivity contribution is 7.07. The number of rotatable bonds is 3. The maximum atomic E-state index is 11.2. The summed E-state index contributed by atoms with van der Waals surface area (Å²) >= 11 is 7.16. The molecule has 0 spiro atoms. The van der Waals surface area contributed by atoms with Crippen molar-refractivity contribution in [3.63, 3.8) is 0 Å². The van der Waals surface area contributed by atoms with Gasteiger partial charge in [0.15, 0.2) is 5.78 Å². The Kier molecular flexibility index (Phi) is 3.40.